The molecule has 0 unspecified atom stereocenters. The molecule has 4 rings (SSSR count). The van der Waals surface area contributed by atoms with E-state index in [9.17, 15) is 4.79 Å². The number of nitrogens with zero attached hydrogens (tertiary/aromatic N) is 4. The van der Waals surface area contributed by atoms with Crippen LogP contribution in [0.4, 0.5) is 0 Å². The van der Waals surface area contributed by atoms with E-state index in [1.807, 2.05) is 61.3 Å². The summed E-state index contributed by atoms with van der Waals surface area (Å²) in [6, 6.07) is 9.75. The summed E-state index contributed by atoms with van der Waals surface area (Å²) in [5, 5.41) is 7.60. The number of aromatic nitrogens is 4. The molecular weight excluding hydrogens is 314 g/mol. The molecular formula is C19H21N5O. The van der Waals surface area contributed by atoms with Gasteiger partial charge in [-0.2, -0.15) is 5.10 Å². The van der Waals surface area contributed by atoms with Crippen molar-refractivity contribution in [2.75, 3.05) is 0 Å². The molecule has 3 heterocycles. The van der Waals surface area contributed by atoms with Crippen molar-refractivity contribution in [3.63, 3.8) is 0 Å². The normalized spacial score (nSPS) is 16.5. The minimum atomic E-state index is -0.0338. The lowest BCUT2D eigenvalue weighted by Gasteiger charge is -2.24. The Bertz CT molecular complexity index is 906. The predicted molar refractivity (Wildman–Crippen MR) is 94.8 cm³/mol. The molecule has 1 aromatic carbocycles. The first-order valence-electron chi connectivity index (χ1n) is 8.55. The van der Waals surface area contributed by atoms with E-state index < -0.39 is 0 Å². The number of benzene rings is 1. The molecule has 1 atom stereocenters. The van der Waals surface area contributed by atoms with E-state index >= 15 is 0 Å². The molecule has 0 bridgehead atoms. The Morgan fingerprint density at radius 1 is 1.24 bits per heavy atom. The lowest BCUT2D eigenvalue weighted by molar-refractivity contribution is 0.0927. The fraction of sp³-hybridized carbons (Fsp3) is 0.316. The van der Waals surface area contributed by atoms with Gasteiger partial charge in [-0.1, -0.05) is 0 Å². The molecule has 1 aliphatic rings. The third-order valence-corrected chi connectivity index (χ3v) is 4.65. The van der Waals surface area contributed by atoms with Gasteiger partial charge in [0.15, 0.2) is 0 Å². The zero-order chi connectivity index (χ0) is 17.4. The maximum atomic E-state index is 12.5. The molecule has 0 radical (unpaired) electrons. The van der Waals surface area contributed by atoms with Crippen molar-refractivity contribution in [1.82, 2.24) is 24.6 Å². The molecule has 1 N–H and O–H groups in total. The maximum absolute atomic E-state index is 12.5. The van der Waals surface area contributed by atoms with E-state index in [2.05, 4.69) is 20.0 Å². The van der Waals surface area contributed by atoms with Gasteiger partial charge < -0.3 is 9.88 Å². The van der Waals surface area contributed by atoms with Gasteiger partial charge in [-0.05, 0) is 50.6 Å². The summed E-state index contributed by atoms with van der Waals surface area (Å²) in [5.41, 5.74) is 3.69. The lowest BCUT2D eigenvalue weighted by Crippen LogP contribution is -2.40. The minimum Gasteiger partial charge on any atom is -0.347 e. The Balaban J connectivity index is 1.45. The standard InChI is InChI=1S/C19H21N5O/c1-13-11-14(2)24(22-13)17-6-3-15(4-7-17)19(25)21-16-5-8-18-20-9-10-23(18)12-16/h3-4,6-7,9-11,16H,5,8,12H2,1-2H3,(H,21,25)/t16-/m1/s1. The molecule has 25 heavy (non-hydrogen) atoms. The second-order valence-electron chi connectivity index (χ2n) is 6.59. The summed E-state index contributed by atoms with van der Waals surface area (Å²) >= 11 is 0. The molecule has 3 aromatic rings. The molecule has 0 fully saturated rings. The van der Waals surface area contributed by atoms with Crippen LogP contribution in [0.2, 0.25) is 0 Å². The fourth-order valence-electron chi connectivity index (χ4n) is 3.40. The first-order valence-corrected chi connectivity index (χ1v) is 8.55. The summed E-state index contributed by atoms with van der Waals surface area (Å²) in [6.45, 7) is 4.78. The van der Waals surface area contributed by atoms with Crippen LogP contribution in [0.1, 0.15) is 34.0 Å². The van der Waals surface area contributed by atoms with Gasteiger partial charge in [-0.15, -0.1) is 0 Å². The van der Waals surface area contributed by atoms with Gasteiger partial charge in [0, 0.05) is 42.7 Å². The predicted octanol–water partition coefficient (Wildman–Crippen LogP) is 2.43. The number of aryl methyl sites for hydroxylation is 3. The average Bonchev–Trinajstić information content (AvgIpc) is 3.20. The Morgan fingerprint density at radius 2 is 2.04 bits per heavy atom. The summed E-state index contributed by atoms with van der Waals surface area (Å²) in [5.74, 6) is 1.06. The SMILES string of the molecule is Cc1cc(C)n(-c2ccc(C(=O)N[C@@H]3CCc4nccn4C3)cc2)n1. The van der Waals surface area contributed by atoms with Gasteiger partial charge in [-0.25, -0.2) is 9.67 Å². The van der Waals surface area contributed by atoms with Gasteiger partial charge >= 0.3 is 0 Å². The quantitative estimate of drug-likeness (QED) is 0.799. The van der Waals surface area contributed by atoms with Crippen LogP contribution in [0.5, 0.6) is 0 Å². The van der Waals surface area contributed by atoms with E-state index in [1.54, 1.807) is 0 Å². The highest BCUT2D eigenvalue weighted by Gasteiger charge is 2.20. The molecule has 128 valence electrons. The topological polar surface area (TPSA) is 64.7 Å². The first-order chi connectivity index (χ1) is 12.1. The van der Waals surface area contributed by atoms with Crippen molar-refractivity contribution >= 4 is 5.91 Å². The van der Waals surface area contributed by atoms with Crippen molar-refractivity contribution in [1.29, 1.82) is 0 Å². The van der Waals surface area contributed by atoms with E-state index in [4.69, 9.17) is 0 Å². The van der Waals surface area contributed by atoms with E-state index in [0.717, 1.165) is 42.3 Å². The highest BCUT2D eigenvalue weighted by Crippen LogP contribution is 2.15. The molecule has 6 nitrogen and oxygen atoms in total. The summed E-state index contributed by atoms with van der Waals surface area (Å²) in [6.07, 6.45) is 5.61. The third kappa shape index (κ3) is 3.07. The highest BCUT2D eigenvalue weighted by molar-refractivity contribution is 5.94. The molecule has 0 saturated carbocycles. The Morgan fingerprint density at radius 3 is 2.76 bits per heavy atom. The van der Waals surface area contributed by atoms with Gasteiger partial charge in [0.2, 0.25) is 0 Å². The average molecular weight is 335 g/mol. The zero-order valence-electron chi connectivity index (χ0n) is 14.4. The summed E-state index contributed by atoms with van der Waals surface area (Å²) in [4.78, 5) is 16.8. The number of amides is 1. The van der Waals surface area contributed by atoms with Gasteiger partial charge in [0.25, 0.3) is 5.91 Å². The van der Waals surface area contributed by atoms with Crippen molar-refractivity contribution in [3.8, 4) is 5.69 Å². The maximum Gasteiger partial charge on any atom is 0.251 e. The number of imidazole rings is 1. The van der Waals surface area contributed by atoms with Crippen LogP contribution < -0.4 is 5.32 Å². The molecule has 0 spiro atoms. The van der Waals surface area contributed by atoms with Gasteiger partial charge in [0.1, 0.15) is 5.82 Å². The van der Waals surface area contributed by atoms with Crippen LogP contribution in [0.25, 0.3) is 5.69 Å². The lowest BCUT2D eigenvalue weighted by atomic mass is 10.1. The first kappa shape index (κ1) is 15.6. The largest absolute Gasteiger partial charge is 0.347 e. The van der Waals surface area contributed by atoms with Gasteiger partial charge in [0.05, 0.1) is 11.4 Å². The van der Waals surface area contributed by atoms with Crippen LogP contribution in [-0.4, -0.2) is 31.3 Å². The Labute approximate surface area is 146 Å². The summed E-state index contributed by atoms with van der Waals surface area (Å²) in [7, 11) is 0. The number of rotatable bonds is 3. The van der Waals surface area contributed by atoms with Crippen LogP contribution in [0.3, 0.4) is 0 Å². The van der Waals surface area contributed by atoms with Crippen LogP contribution in [-0.2, 0) is 13.0 Å². The smallest absolute Gasteiger partial charge is 0.251 e. The van der Waals surface area contributed by atoms with Crippen LogP contribution in [0.15, 0.2) is 42.7 Å². The Hall–Kier alpha value is -2.89. The van der Waals surface area contributed by atoms with Crippen LogP contribution in [0, 0.1) is 13.8 Å². The van der Waals surface area contributed by atoms with E-state index in [1.165, 1.54) is 0 Å². The Kier molecular flexibility index (Phi) is 3.87. The van der Waals surface area contributed by atoms with Crippen molar-refractivity contribution in [3.05, 3.63) is 65.5 Å². The fourth-order valence-corrected chi connectivity index (χ4v) is 3.40. The number of carbonyl (C=O) groups is 1. The molecule has 1 amide bonds. The monoisotopic (exact) mass is 335 g/mol. The summed E-state index contributed by atoms with van der Waals surface area (Å²) < 4.78 is 4.00. The number of hydrogen-bond donors (Lipinski definition) is 1. The zero-order valence-corrected chi connectivity index (χ0v) is 14.4. The van der Waals surface area contributed by atoms with E-state index in [-0.39, 0.29) is 11.9 Å². The minimum absolute atomic E-state index is 0.0338. The van der Waals surface area contributed by atoms with Gasteiger partial charge in [-0.3, -0.25) is 4.79 Å². The second-order valence-corrected chi connectivity index (χ2v) is 6.59. The second kappa shape index (κ2) is 6.20. The van der Waals surface area contributed by atoms with Crippen LogP contribution >= 0.6 is 0 Å². The number of hydrogen-bond acceptors (Lipinski definition) is 3. The van der Waals surface area contributed by atoms with Crippen molar-refractivity contribution in [2.45, 2.75) is 39.3 Å². The third-order valence-electron chi connectivity index (χ3n) is 4.65. The van der Waals surface area contributed by atoms with E-state index in [0.29, 0.717) is 5.56 Å². The van der Waals surface area contributed by atoms with Crippen molar-refractivity contribution in [2.24, 2.45) is 0 Å². The number of carbonyl (C=O) groups excluding carboxylic acids is 1. The molecule has 0 aliphatic carbocycles. The molecule has 1 aliphatic heterocycles. The molecule has 0 saturated heterocycles. The molecule has 2 aromatic heterocycles. The highest BCUT2D eigenvalue weighted by atomic mass is 16.1. The number of nitrogens with one attached hydrogen (secondary N) is 1. The molecule has 6 heteroatoms. The number of fused-ring (bicyclic) bond motifs is 1. The van der Waals surface area contributed by atoms with Crippen molar-refractivity contribution < 1.29 is 4.79 Å².